The number of thiophene rings is 1. The number of fused-ring (bicyclic) bond motifs is 1. The van der Waals surface area contributed by atoms with Gasteiger partial charge in [0.1, 0.15) is 5.00 Å². The molecule has 28 heavy (non-hydrogen) atoms. The number of anilines is 1. The third-order valence-corrected chi connectivity index (χ3v) is 7.28. The number of rotatable bonds is 2. The smallest absolute Gasteiger partial charge is 0.173 e. The minimum Gasteiger partial charge on any atom is -0.378 e. The molecule has 0 N–H and O–H groups in total. The highest BCUT2D eigenvalue weighted by molar-refractivity contribution is 7.18. The highest BCUT2D eigenvalue weighted by Gasteiger charge is 2.36. The van der Waals surface area contributed by atoms with E-state index in [1.807, 2.05) is 0 Å². The van der Waals surface area contributed by atoms with Crippen LogP contribution in [0.25, 0.3) is 0 Å². The van der Waals surface area contributed by atoms with Crippen LogP contribution in [0, 0.1) is 17.3 Å². The van der Waals surface area contributed by atoms with Crippen molar-refractivity contribution in [1.82, 2.24) is 9.80 Å². The molecule has 1 aromatic rings. The van der Waals surface area contributed by atoms with Gasteiger partial charge in [-0.1, -0.05) is 25.7 Å². The lowest BCUT2D eigenvalue weighted by molar-refractivity contribution is 0.0917. The number of piperazine rings is 1. The molecule has 1 aromatic heterocycles. The number of Topliss-reactive ketones (excluding diaryl/α,β-unsaturated/α-hetero) is 1. The van der Waals surface area contributed by atoms with Gasteiger partial charge in [0.15, 0.2) is 5.78 Å². The molecule has 1 aliphatic carbocycles. The van der Waals surface area contributed by atoms with Crippen LogP contribution in [-0.4, -0.2) is 81.7 Å². The number of hydrogen-bond donors (Lipinski definition) is 0. The third kappa shape index (κ3) is 4.28. The molecule has 0 saturated carbocycles. The van der Waals surface area contributed by atoms with Gasteiger partial charge in [-0.25, -0.2) is 0 Å². The highest BCUT2D eigenvalue weighted by atomic mass is 32.1. The van der Waals surface area contributed by atoms with E-state index in [9.17, 15) is 4.79 Å². The minimum atomic E-state index is 0.0152. The Labute approximate surface area is 172 Å². The van der Waals surface area contributed by atoms with E-state index in [0.29, 0.717) is 6.42 Å². The molecule has 5 nitrogen and oxygen atoms in total. The standard InChI is InChI=1S/C22H31N3O2S/c1-22(2)15-18-17(5-4-6-24-9-7-23(3)8-10-24)21(25-11-13-27-14-12-25)28-20(18)19(26)16-22/h6-16H2,1-3H3. The molecule has 0 atom stereocenters. The van der Waals surface area contributed by atoms with Crippen LogP contribution in [-0.2, 0) is 11.2 Å². The van der Waals surface area contributed by atoms with E-state index in [2.05, 4.69) is 47.4 Å². The van der Waals surface area contributed by atoms with Gasteiger partial charge in [-0.05, 0) is 24.4 Å². The molecule has 6 heteroatoms. The summed E-state index contributed by atoms with van der Waals surface area (Å²) in [6, 6.07) is 0. The van der Waals surface area contributed by atoms with Crippen LogP contribution in [0.2, 0.25) is 0 Å². The Bertz CT molecular complexity index is 791. The van der Waals surface area contributed by atoms with Gasteiger partial charge in [0, 0.05) is 45.7 Å². The zero-order valence-electron chi connectivity index (χ0n) is 17.3. The van der Waals surface area contributed by atoms with Crippen molar-refractivity contribution in [2.24, 2.45) is 5.41 Å². The predicted octanol–water partition coefficient (Wildman–Crippen LogP) is 2.34. The monoisotopic (exact) mass is 401 g/mol. The number of likely N-dealkylation sites (N-methyl/N-ethyl adjacent to an activating group) is 1. The van der Waals surface area contributed by atoms with Crippen molar-refractivity contribution >= 4 is 22.1 Å². The Morgan fingerprint density at radius 1 is 1.07 bits per heavy atom. The van der Waals surface area contributed by atoms with E-state index >= 15 is 0 Å². The van der Waals surface area contributed by atoms with Gasteiger partial charge in [-0.15, -0.1) is 11.3 Å². The summed E-state index contributed by atoms with van der Waals surface area (Å²) in [6.07, 6.45) is 1.57. The molecule has 3 aliphatic rings. The van der Waals surface area contributed by atoms with Gasteiger partial charge >= 0.3 is 0 Å². The predicted molar refractivity (Wildman–Crippen MR) is 115 cm³/mol. The van der Waals surface area contributed by atoms with E-state index in [1.165, 1.54) is 10.6 Å². The third-order valence-electron chi connectivity index (χ3n) is 5.95. The summed E-state index contributed by atoms with van der Waals surface area (Å²) in [7, 11) is 2.17. The van der Waals surface area contributed by atoms with Crippen molar-refractivity contribution in [2.75, 3.05) is 71.0 Å². The SMILES string of the molecule is CN1CCN(CC#Cc2c(N3CCOCC3)sc3c2CC(C)(C)CC3=O)CC1. The summed E-state index contributed by atoms with van der Waals surface area (Å²) in [4.78, 5) is 20.9. The maximum atomic E-state index is 12.8. The lowest BCUT2D eigenvalue weighted by Crippen LogP contribution is -2.44. The summed E-state index contributed by atoms with van der Waals surface area (Å²) >= 11 is 1.66. The van der Waals surface area contributed by atoms with Crippen LogP contribution in [0.3, 0.4) is 0 Å². The normalized spacial score (nSPS) is 23.2. The van der Waals surface area contributed by atoms with E-state index in [0.717, 1.165) is 75.9 Å². The average Bonchev–Trinajstić information content (AvgIpc) is 3.02. The topological polar surface area (TPSA) is 36.0 Å². The Morgan fingerprint density at radius 2 is 1.79 bits per heavy atom. The number of ether oxygens (including phenoxy) is 1. The summed E-state index contributed by atoms with van der Waals surface area (Å²) in [5.41, 5.74) is 2.32. The number of morpholine rings is 1. The van der Waals surface area contributed by atoms with Crippen molar-refractivity contribution in [3.63, 3.8) is 0 Å². The Balaban J connectivity index is 1.62. The van der Waals surface area contributed by atoms with Crippen molar-refractivity contribution in [3.05, 3.63) is 16.0 Å². The fourth-order valence-electron chi connectivity index (χ4n) is 4.27. The van der Waals surface area contributed by atoms with Crippen molar-refractivity contribution in [3.8, 4) is 11.8 Å². The van der Waals surface area contributed by atoms with Crippen LogP contribution in [0.15, 0.2) is 0 Å². The maximum Gasteiger partial charge on any atom is 0.173 e. The van der Waals surface area contributed by atoms with Gasteiger partial charge in [-0.3, -0.25) is 9.69 Å². The molecule has 0 radical (unpaired) electrons. The minimum absolute atomic E-state index is 0.0152. The van der Waals surface area contributed by atoms with Crippen molar-refractivity contribution in [1.29, 1.82) is 0 Å². The van der Waals surface area contributed by atoms with E-state index in [1.54, 1.807) is 11.3 Å². The molecule has 3 heterocycles. The summed E-state index contributed by atoms with van der Waals surface area (Å²) in [6.45, 7) is 12.8. The van der Waals surface area contributed by atoms with E-state index < -0.39 is 0 Å². The van der Waals surface area contributed by atoms with Crippen molar-refractivity contribution < 1.29 is 9.53 Å². The largest absolute Gasteiger partial charge is 0.378 e. The van der Waals surface area contributed by atoms with Gasteiger partial charge in [0.05, 0.1) is 30.2 Å². The molecular formula is C22H31N3O2S. The van der Waals surface area contributed by atoms with Gasteiger partial charge in [0.2, 0.25) is 0 Å². The van der Waals surface area contributed by atoms with Crippen LogP contribution >= 0.6 is 11.3 Å². The summed E-state index contributed by atoms with van der Waals surface area (Å²) in [5.74, 6) is 7.23. The number of hydrogen-bond acceptors (Lipinski definition) is 6. The number of ketones is 1. The van der Waals surface area contributed by atoms with Crippen LogP contribution < -0.4 is 4.90 Å². The number of carbonyl (C=O) groups is 1. The molecular weight excluding hydrogens is 370 g/mol. The fourth-order valence-corrected chi connectivity index (χ4v) is 5.53. The molecule has 152 valence electrons. The summed E-state index contributed by atoms with van der Waals surface area (Å²) < 4.78 is 5.54. The molecule has 2 aliphatic heterocycles. The Morgan fingerprint density at radius 3 is 2.50 bits per heavy atom. The average molecular weight is 402 g/mol. The van der Waals surface area contributed by atoms with E-state index in [-0.39, 0.29) is 11.2 Å². The quantitative estimate of drug-likeness (QED) is 0.711. The molecule has 0 aromatic carbocycles. The lowest BCUT2D eigenvalue weighted by Gasteiger charge is -2.31. The first kappa shape index (κ1) is 19.9. The molecule has 2 saturated heterocycles. The van der Waals surface area contributed by atoms with Gasteiger partial charge < -0.3 is 14.5 Å². The highest BCUT2D eigenvalue weighted by Crippen LogP contribution is 2.44. The zero-order chi connectivity index (χ0) is 19.7. The molecule has 4 rings (SSSR count). The maximum absolute atomic E-state index is 12.8. The fraction of sp³-hybridized carbons (Fsp3) is 0.682. The van der Waals surface area contributed by atoms with Gasteiger partial charge in [-0.2, -0.15) is 0 Å². The number of nitrogens with zero attached hydrogens (tertiary/aromatic N) is 3. The lowest BCUT2D eigenvalue weighted by atomic mass is 9.75. The van der Waals surface area contributed by atoms with Gasteiger partial charge in [0.25, 0.3) is 0 Å². The first-order valence-electron chi connectivity index (χ1n) is 10.3. The summed E-state index contributed by atoms with van der Waals surface area (Å²) in [5, 5.41) is 1.19. The first-order chi connectivity index (χ1) is 13.4. The van der Waals surface area contributed by atoms with Crippen LogP contribution in [0.5, 0.6) is 0 Å². The Kier molecular flexibility index (Phi) is 5.80. The molecule has 0 amide bonds. The Hall–Kier alpha value is -1.39. The second-order valence-electron chi connectivity index (χ2n) is 9.01. The molecule has 0 bridgehead atoms. The first-order valence-corrected chi connectivity index (χ1v) is 11.2. The molecule has 0 unspecified atom stereocenters. The zero-order valence-corrected chi connectivity index (χ0v) is 18.2. The number of carbonyl (C=O) groups excluding carboxylic acids is 1. The second-order valence-corrected chi connectivity index (χ2v) is 10.0. The molecule has 2 fully saturated rings. The van der Waals surface area contributed by atoms with E-state index in [4.69, 9.17) is 4.74 Å². The van der Waals surface area contributed by atoms with Crippen LogP contribution in [0.4, 0.5) is 5.00 Å². The molecule has 0 spiro atoms. The second kappa shape index (κ2) is 8.16. The van der Waals surface area contributed by atoms with Crippen molar-refractivity contribution in [2.45, 2.75) is 26.7 Å². The van der Waals surface area contributed by atoms with Crippen LogP contribution in [0.1, 0.15) is 41.1 Å².